The van der Waals surface area contributed by atoms with Crippen molar-refractivity contribution < 1.29 is 0 Å². The molecule has 15 heavy (non-hydrogen) atoms. The van der Waals surface area contributed by atoms with E-state index in [1.165, 1.54) is 0 Å². The maximum atomic E-state index is 11.0. The van der Waals surface area contributed by atoms with Gasteiger partial charge < -0.3 is 10.4 Å². The van der Waals surface area contributed by atoms with Crippen LogP contribution in [0.2, 0.25) is 0 Å². The van der Waals surface area contributed by atoms with Crippen LogP contribution in [-0.4, -0.2) is 17.4 Å². The SMILES string of the molecule is N#Cc1cccc(C2=NN([O-])CC=C2)c1. The van der Waals surface area contributed by atoms with Crippen molar-refractivity contribution in [2.24, 2.45) is 5.10 Å². The van der Waals surface area contributed by atoms with E-state index in [9.17, 15) is 5.21 Å². The van der Waals surface area contributed by atoms with Crippen molar-refractivity contribution in [2.75, 3.05) is 6.54 Å². The van der Waals surface area contributed by atoms with Crippen LogP contribution in [-0.2, 0) is 0 Å². The molecular weight excluding hydrogens is 190 g/mol. The molecule has 0 aromatic heterocycles. The lowest BCUT2D eigenvalue weighted by molar-refractivity contribution is 0.442. The first-order valence-electron chi connectivity index (χ1n) is 4.50. The summed E-state index contributed by atoms with van der Waals surface area (Å²) in [5.41, 5.74) is 1.94. The van der Waals surface area contributed by atoms with Crippen molar-refractivity contribution in [3.05, 3.63) is 52.8 Å². The van der Waals surface area contributed by atoms with Gasteiger partial charge in [-0.3, -0.25) is 0 Å². The number of benzene rings is 1. The van der Waals surface area contributed by atoms with Gasteiger partial charge in [0.15, 0.2) is 0 Å². The summed E-state index contributed by atoms with van der Waals surface area (Å²) in [5, 5.41) is 24.2. The minimum absolute atomic E-state index is 0.279. The molecule has 0 fully saturated rings. The van der Waals surface area contributed by atoms with Crippen molar-refractivity contribution >= 4 is 5.71 Å². The van der Waals surface area contributed by atoms with Crippen LogP contribution in [0.4, 0.5) is 0 Å². The Morgan fingerprint density at radius 3 is 3.07 bits per heavy atom. The zero-order valence-electron chi connectivity index (χ0n) is 7.92. The number of hydrogen-bond donors (Lipinski definition) is 0. The molecule has 0 saturated carbocycles. The number of allylic oxidation sites excluding steroid dienone is 1. The molecule has 1 aromatic carbocycles. The molecule has 0 N–H and O–H groups in total. The van der Waals surface area contributed by atoms with E-state index >= 15 is 0 Å². The van der Waals surface area contributed by atoms with Crippen LogP contribution in [0.25, 0.3) is 0 Å². The highest BCUT2D eigenvalue weighted by Gasteiger charge is 2.04. The first-order valence-corrected chi connectivity index (χ1v) is 4.50. The molecule has 1 aliphatic rings. The van der Waals surface area contributed by atoms with Gasteiger partial charge in [0.1, 0.15) is 0 Å². The molecule has 1 aliphatic heterocycles. The van der Waals surface area contributed by atoms with E-state index in [-0.39, 0.29) is 6.54 Å². The fourth-order valence-corrected chi connectivity index (χ4v) is 1.35. The third-order valence-electron chi connectivity index (χ3n) is 2.04. The molecule has 1 aromatic rings. The van der Waals surface area contributed by atoms with Gasteiger partial charge in [-0.05, 0) is 18.2 Å². The lowest BCUT2D eigenvalue weighted by Gasteiger charge is -2.26. The van der Waals surface area contributed by atoms with Crippen LogP contribution >= 0.6 is 0 Å². The molecule has 0 atom stereocenters. The highest BCUT2D eigenvalue weighted by atomic mass is 16.5. The molecule has 0 amide bonds. The fraction of sp³-hybridized carbons (Fsp3) is 0.0909. The van der Waals surface area contributed by atoms with Crippen LogP contribution < -0.4 is 0 Å². The normalized spacial score (nSPS) is 14.7. The standard InChI is InChI=1S/C11H8N3O/c12-8-9-3-1-4-10(7-9)11-5-2-6-14(15)13-11/h1-5,7H,6H2/q-1. The van der Waals surface area contributed by atoms with Crippen LogP contribution in [0.15, 0.2) is 41.5 Å². The van der Waals surface area contributed by atoms with Crippen molar-refractivity contribution in [3.8, 4) is 6.07 Å². The molecular formula is C11H8N3O-. The average Bonchev–Trinajstić information content (AvgIpc) is 2.29. The molecule has 1 heterocycles. The summed E-state index contributed by atoms with van der Waals surface area (Å²) in [6.07, 6.45) is 3.53. The number of rotatable bonds is 1. The summed E-state index contributed by atoms with van der Waals surface area (Å²) in [7, 11) is 0. The number of nitriles is 1. The number of nitrogens with zero attached hydrogens (tertiary/aromatic N) is 3. The summed E-state index contributed by atoms with van der Waals surface area (Å²) in [5.74, 6) is 0. The smallest absolute Gasteiger partial charge is 0.0991 e. The quantitative estimate of drug-likeness (QED) is 0.689. The van der Waals surface area contributed by atoms with Gasteiger partial charge in [0.05, 0.1) is 17.3 Å². The monoisotopic (exact) mass is 198 g/mol. The largest absolute Gasteiger partial charge is 0.742 e. The maximum absolute atomic E-state index is 11.0. The molecule has 0 radical (unpaired) electrons. The third kappa shape index (κ3) is 2.03. The Morgan fingerprint density at radius 2 is 2.33 bits per heavy atom. The third-order valence-corrected chi connectivity index (χ3v) is 2.04. The van der Waals surface area contributed by atoms with Crippen molar-refractivity contribution in [1.82, 2.24) is 5.17 Å². The predicted molar refractivity (Wildman–Crippen MR) is 56.9 cm³/mol. The van der Waals surface area contributed by atoms with Gasteiger partial charge in [0.2, 0.25) is 0 Å². The van der Waals surface area contributed by atoms with E-state index < -0.39 is 0 Å². The molecule has 0 unspecified atom stereocenters. The van der Waals surface area contributed by atoms with E-state index in [0.717, 1.165) is 5.56 Å². The van der Waals surface area contributed by atoms with Crippen molar-refractivity contribution in [1.29, 1.82) is 5.26 Å². The number of hydrogen-bond acceptors (Lipinski definition) is 4. The van der Waals surface area contributed by atoms with Crippen LogP contribution in [0.3, 0.4) is 0 Å². The summed E-state index contributed by atoms with van der Waals surface area (Å²) in [6, 6.07) is 9.07. The number of hydrazone groups is 1. The minimum Gasteiger partial charge on any atom is -0.742 e. The van der Waals surface area contributed by atoms with E-state index in [1.54, 1.807) is 30.4 Å². The van der Waals surface area contributed by atoms with E-state index in [0.29, 0.717) is 16.4 Å². The fourth-order valence-electron chi connectivity index (χ4n) is 1.35. The highest BCUT2D eigenvalue weighted by molar-refractivity contribution is 6.09. The zero-order valence-corrected chi connectivity index (χ0v) is 7.92. The van der Waals surface area contributed by atoms with Gasteiger partial charge in [-0.1, -0.05) is 18.2 Å². The Morgan fingerprint density at radius 1 is 1.47 bits per heavy atom. The summed E-state index contributed by atoms with van der Waals surface area (Å²) in [6.45, 7) is 0.279. The van der Waals surface area contributed by atoms with Crippen LogP contribution in [0.1, 0.15) is 11.1 Å². The second-order valence-electron chi connectivity index (χ2n) is 3.11. The van der Waals surface area contributed by atoms with E-state index in [4.69, 9.17) is 5.26 Å². The van der Waals surface area contributed by atoms with Crippen molar-refractivity contribution in [3.63, 3.8) is 0 Å². The van der Waals surface area contributed by atoms with Crippen LogP contribution in [0, 0.1) is 16.5 Å². The van der Waals surface area contributed by atoms with Gasteiger partial charge in [-0.25, -0.2) is 0 Å². The molecule has 0 aliphatic carbocycles. The summed E-state index contributed by atoms with van der Waals surface area (Å²) >= 11 is 0. The summed E-state index contributed by atoms with van der Waals surface area (Å²) in [4.78, 5) is 0. The van der Waals surface area contributed by atoms with Gasteiger partial charge in [-0.2, -0.15) is 10.4 Å². The summed E-state index contributed by atoms with van der Waals surface area (Å²) < 4.78 is 0. The molecule has 0 saturated heterocycles. The lowest BCUT2D eigenvalue weighted by Crippen LogP contribution is -2.16. The van der Waals surface area contributed by atoms with Gasteiger partial charge in [0.25, 0.3) is 0 Å². The second-order valence-corrected chi connectivity index (χ2v) is 3.11. The molecule has 0 spiro atoms. The Bertz CT molecular complexity index is 471. The van der Waals surface area contributed by atoms with Gasteiger partial charge in [-0.15, -0.1) is 0 Å². The van der Waals surface area contributed by atoms with Crippen LogP contribution in [0.5, 0.6) is 0 Å². The Hall–Kier alpha value is -2.12. The molecule has 0 bridgehead atoms. The average molecular weight is 198 g/mol. The number of hydroxylamine groups is 1. The van der Waals surface area contributed by atoms with Gasteiger partial charge in [0, 0.05) is 12.1 Å². The van der Waals surface area contributed by atoms with E-state index in [1.807, 2.05) is 12.1 Å². The molecule has 4 nitrogen and oxygen atoms in total. The maximum Gasteiger partial charge on any atom is 0.0991 e. The van der Waals surface area contributed by atoms with E-state index in [2.05, 4.69) is 5.10 Å². The molecule has 2 rings (SSSR count). The molecule has 4 heteroatoms. The highest BCUT2D eigenvalue weighted by Crippen LogP contribution is 2.10. The molecule has 74 valence electrons. The first-order chi connectivity index (χ1) is 7.29. The topological polar surface area (TPSA) is 62.5 Å². The first kappa shape index (κ1) is 9.44. The Labute approximate surface area is 87.3 Å². The lowest BCUT2D eigenvalue weighted by atomic mass is 10.1. The minimum atomic E-state index is 0.279. The predicted octanol–water partition coefficient (Wildman–Crippen LogP) is 1.63. The second kappa shape index (κ2) is 3.95. The zero-order chi connectivity index (χ0) is 10.7. The van der Waals surface area contributed by atoms with Gasteiger partial charge >= 0.3 is 0 Å². The van der Waals surface area contributed by atoms with Crippen molar-refractivity contribution in [2.45, 2.75) is 0 Å². The Kier molecular flexibility index (Phi) is 2.48. The Balaban J connectivity index is 2.38.